The summed E-state index contributed by atoms with van der Waals surface area (Å²) in [6.07, 6.45) is -2.00. The van der Waals surface area contributed by atoms with E-state index in [1.165, 1.54) is 13.1 Å². The van der Waals surface area contributed by atoms with E-state index in [2.05, 4.69) is 21.3 Å². The SMILES string of the molecule is CC#Cc1cn([C@H]2CC(OP(=O)(O)O)[C@@H](CO)O2)c(=O)[nH]c1=O. The summed E-state index contributed by atoms with van der Waals surface area (Å²) in [5.74, 6) is 5.06. The molecule has 0 aliphatic carbocycles. The number of rotatable bonds is 4. The van der Waals surface area contributed by atoms with Crippen molar-refractivity contribution in [3.63, 3.8) is 0 Å². The fourth-order valence-electron chi connectivity index (χ4n) is 2.25. The van der Waals surface area contributed by atoms with Gasteiger partial charge in [-0.3, -0.25) is 18.9 Å². The highest BCUT2D eigenvalue weighted by molar-refractivity contribution is 7.46. The molecule has 23 heavy (non-hydrogen) atoms. The second kappa shape index (κ2) is 6.80. The molecule has 4 N–H and O–H groups in total. The Morgan fingerprint density at radius 3 is 2.78 bits per heavy atom. The topological polar surface area (TPSA) is 151 Å². The van der Waals surface area contributed by atoms with Crippen LogP contribution in [-0.4, -0.2) is 43.3 Å². The molecule has 0 bridgehead atoms. The molecule has 1 aliphatic rings. The molecule has 1 aliphatic heterocycles. The minimum atomic E-state index is -4.78. The molecule has 2 heterocycles. The summed E-state index contributed by atoms with van der Waals surface area (Å²) in [6, 6.07) is 0. The lowest BCUT2D eigenvalue weighted by Crippen LogP contribution is -2.33. The summed E-state index contributed by atoms with van der Waals surface area (Å²) in [7, 11) is -4.78. The van der Waals surface area contributed by atoms with E-state index in [0.29, 0.717) is 0 Å². The fourth-order valence-corrected chi connectivity index (χ4v) is 2.82. The smallest absolute Gasteiger partial charge is 0.394 e. The van der Waals surface area contributed by atoms with Crippen LogP contribution in [0, 0.1) is 11.8 Å². The van der Waals surface area contributed by atoms with E-state index in [1.807, 2.05) is 0 Å². The van der Waals surface area contributed by atoms with Crippen LogP contribution in [0.5, 0.6) is 0 Å². The van der Waals surface area contributed by atoms with Crippen molar-refractivity contribution in [2.75, 3.05) is 6.61 Å². The Labute approximate surface area is 129 Å². The molecular weight excluding hydrogens is 331 g/mol. The number of phosphoric acid groups is 1. The van der Waals surface area contributed by atoms with Crippen LogP contribution in [0.25, 0.3) is 0 Å². The molecule has 0 radical (unpaired) electrons. The van der Waals surface area contributed by atoms with Gasteiger partial charge in [-0.25, -0.2) is 9.36 Å². The molecule has 1 fully saturated rings. The van der Waals surface area contributed by atoms with Crippen LogP contribution in [0.2, 0.25) is 0 Å². The molecule has 1 unspecified atom stereocenters. The van der Waals surface area contributed by atoms with Gasteiger partial charge in [-0.1, -0.05) is 5.92 Å². The second-order valence-electron chi connectivity index (χ2n) is 4.77. The molecule has 1 aromatic rings. The number of H-pyrrole nitrogens is 1. The summed E-state index contributed by atoms with van der Waals surface area (Å²) < 4.78 is 21.9. The molecule has 0 aromatic carbocycles. The summed E-state index contributed by atoms with van der Waals surface area (Å²) in [6.45, 7) is 0.966. The molecule has 0 amide bonds. The maximum Gasteiger partial charge on any atom is 0.469 e. The Kier molecular flexibility index (Phi) is 5.21. The Balaban J connectivity index is 2.34. The largest absolute Gasteiger partial charge is 0.469 e. The molecule has 2 rings (SSSR count). The molecule has 126 valence electrons. The first kappa shape index (κ1) is 17.6. The van der Waals surface area contributed by atoms with E-state index in [-0.39, 0.29) is 12.0 Å². The lowest BCUT2D eigenvalue weighted by Gasteiger charge is -2.16. The number of aliphatic hydroxyl groups is 1. The van der Waals surface area contributed by atoms with Crippen LogP contribution in [0.3, 0.4) is 0 Å². The van der Waals surface area contributed by atoms with E-state index in [4.69, 9.17) is 14.5 Å². The molecule has 11 heteroatoms. The number of aromatic nitrogens is 2. The Morgan fingerprint density at radius 1 is 1.52 bits per heavy atom. The minimum Gasteiger partial charge on any atom is -0.394 e. The van der Waals surface area contributed by atoms with Crippen LogP contribution in [-0.2, 0) is 13.8 Å². The van der Waals surface area contributed by atoms with Crippen molar-refractivity contribution in [3.8, 4) is 11.8 Å². The Hall–Kier alpha value is -1.73. The third-order valence-corrected chi connectivity index (χ3v) is 3.72. The highest BCUT2D eigenvalue weighted by atomic mass is 31.2. The van der Waals surface area contributed by atoms with Crippen molar-refractivity contribution < 1.29 is 28.7 Å². The van der Waals surface area contributed by atoms with Gasteiger partial charge in [0.1, 0.15) is 24.0 Å². The number of aliphatic hydroxyl groups excluding tert-OH is 1. The number of nitrogens with zero attached hydrogens (tertiary/aromatic N) is 1. The fraction of sp³-hybridized carbons (Fsp3) is 0.500. The van der Waals surface area contributed by atoms with Crippen LogP contribution < -0.4 is 11.2 Å². The van der Waals surface area contributed by atoms with Gasteiger partial charge in [0.2, 0.25) is 0 Å². The van der Waals surface area contributed by atoms with E-state index < -0.39 is 44.1 Å². The predicted molar refractivity (Wildman–Crippen MR) is 76.4 cm³/mol. The van der Waals surface area contributed by atoms with Crippen LogP contribution >= 0.6 is 7.82 Å². The van der Waals surface area contributed by atoms with Gasteiger partial charge in [-0.05, 0) is 6.92 Å². The van der Waals surface area contributed by atoms with E-state index in [1.54, 1.807) is 0 Å². The van der Waals surface area contributed by atoms with Crippen LogP contribution in [0.1, 0.15) is 25.1 Å². The van der Waals surface area contributed by atoms with Crippen molar-refractivity contribution in [3.05, 3.63) is 32.6 Å². The number of nitrogens with one attached hydrogen (secondary N) is 1. The molecule has 10 nitrogen and oxygen atoms in total. The van der Waals surface area contributed by atoms with Gasteiger partial charge < -0.3 is 19.6 Å². The summed E-state index contributed by atoms with van der Waals surface area (Å²) in [5, 5.41) is 9.22. The van der Waals surface area contributed by atoms with E-state index >= 15 is 0 Å². The first-order valence-electron chi connectivity index (χ1n) is 6.53. The van der Waals surface area contributed by atoms with Crippen molar-refractivity contribution >= 4 is 7.82 Å². The average molecular weight is 346 g/mol. The zero-order valence-electron chi connectivity index (χ0n) is 12.0. The first-order valence-corrected chi connectivity index (χ1v) is 8.06. The number of hydrogen-bond acceptors (Lipinski definition) is 6. The third kappa shape index (κ3) is 4.17. The monoisotopic (exact) mass is 346 g/mol. The van der Waals surface area contributed by atoms with Crippen molar-refractivity contribution in [1.29, 1.82) is 0 Å². The van der Waals surface area contributed by atoms with Gasteiger partial charge in [-0.2, -0.15) is 0 Å². The second-order valence-corrected chi connectivity index (χ2v) is 5.96. The van der Waals surface area contributed by atoms with Gasteiger partial charge in [0.25, 0.3) is 5.56 Å². The van der Waals surface area contributed by atoms with Gasteiger partial charge >= 0.3 is 13.5 Å². The molecule has 0 spiro atoms. The van der Waals surface area contributed by atoms with Gasteiger partial charge in [-0.15, -0.1) is 5.92 Å². The van der Waals surface area contributed by atoms with Crippen molar-refractivity contribution in [1.82, 2.24) is 9.55 Å². The molecule has 1 aromatic heterocycles. The van der Waals surface area contributed by atoms with Crippen LogP contribution in [0.4, 0.5) is 0 Å². The minimum absolute atomic E-state index is 0.0376. The quantitative estimate of drug-likeness (QED) is 0.386. The van der Waals surface area contributed by atoms with Crippen molar-refractivity contribution in [2.45, 2.75) is 31.8 Å². The van der Waals surface area contributed by atoms with E-state index in [9.17, 15) is 19.3 Å². The number of aromatic amines is 1. The molecular formula is C12H15N2O8P. The lowest BCUT2D eigenvalue weighted by molar-refractivity contribution is -0.0452. The van der Waals surface area contributed by atoms with Crippen molar-refractivity contribution in [2.24, 2.45) is 0 Å². The highest BCUT2D eigenvalue weighted by Gasteiger charge is 2.40. The summed E-state index contributed by atoms with van der Waals surface area (Å²) in [5.41, 5.74) is -1.38. The predicted octanol–water partition coefficient (Wildman–Crippen LogP) is -1.33. The normalized spacial score (nSPS) is 24.3. The number of hydrogen-bond donors (Lipinski definition) is 4. The lowest BCUT2D eigenvalue weighted by atomic mass is 10.2. The Bertz CT molecular complexity index is 798. The van der Waals surface area contributed by atoms with Gasteiger partial charge in [0.05, 0.1) is 6.61 Å². The standard InChI is InChI=1S/C12H15N2O8P/c1-2-3-7-5-14(12(17)13-11(7)16)10-4-8(9(6-15)21-10)22-23(18,19)20/h5,8-10,15H,4,6H2,1H3,(H,13,16,17)(H2,18,19,20)/t8?,9-,10-/m1/s1. The molecule has 3 atom stereocenters. The average Bonchev–Trinajstić information content (AvgIpc) is 2.82. The number of ether oxygens (including phenoxy) is 1. The Morgan fingerprint density at radius 2 is 2.22 bits per heavy atom. The van der Waals surface area contributed by atoms with Gasteiger partial charge in [0.15, 0.2) is 0 Å². The zero-order valence-corrected chi connectivity index (χ0v) is 12.9. The third-order valence-electron chi connectivity index (χ3n) is 3.17. The maximum absolute atomic E-state index is 11.9. The molecule has 0 saturated carbocycles. The summed E-state index contributed by atoms with van der Waals surface area (Å²) in [4.78, 5) is 43.3. The zero-order chi connectivity index (χ0) is 17.2. The summed E-state index contributed by atoms with van der Waals surface area (Å²) >= 11 is 0. The highest BCUT2D eigenvalue weighted by Crippen LogP contribution is 2.43. The maximum atomic E-state index is 11.9. The van der Waals surface area contributed by atoms with Crippen LogP contribution in [0.15, 0.2) is 15.8 Å². The number of phosphoric ester groups is 1. The first-order chi connectivity index (χ1) is 10.7. The van der Waals surface area contributed by atoms with E-state index in [0.717, 1.165) is 4.57 Å². The van der Waals surface area contributed by atoms with Gasteiger partial charge in [0, 0.05) is 12.6 Å². The molecule has 1 saturated heterocycles.